The van der Waals surface area contributed by atoms with Gasteiger partial charge in [-0.2, -0.15) is 23.4 Å². The summed E-state index contributed by atoms with van der Waals surface area (Å²) in [6.07, 6.45) is -3.46. The summed E-state index contributed by atoms with van der Waals surface area (Å²) in [7, 11) is 5.61. The fourth-order valence-electron chi connectivity index (χ4n) is 6.01. The average Bonchev–Trinajstić information content (AvgIpc) is 3.57. The van der Waals surface area contributed by atoms with Crippen LogP contribution in [0.15, 0.2) is 48.8 Å². The lowest BCUT2D eigenvalue weighted by molar-refractivity contribution is -0.126. The predicted octanol–water partition coefficient (Wildman–Crippen LogP) is 7.05. The van der Waals surface area contributed by atoms with E-state index in [9.17, 15) is 18.4 Å². The highest BCUT2D eigenvalue weighted by Gasteiger charge is 2.30. The highest BCUT2D eigenvalue weighted by Crippen LogP contribution is 2.36. The molecule has 45 heavy (non-hydrogen) atoms. The van der Waals surface area contributed by atoms with Gasteiger partial charge < -0.3 is 19.7 Å². The minimum absolute atomic E-state index is 0.191. The molecule has 8 nitrogen and oxygen atoms in total. The SMILES string of the molecule is C=C(C)N(C)C(=C)Cn1c(C#N)cc2c(C)c(CN3CCC(N(C)c4nc(NC)nc5sc(CC(F)(F)F)cc45)CC3)ccc21. The molecule has 1 aromatic carbocycles. The zero-order valence-corrected chi connectivity index (χ0v) is 27.2. The van der Waals surface area contributed by atoms with Crippen molar-refractivity contribution in [2.75, 3.05) is 44.4 Å². The number of halogens is 3. The number of anilines is 2. The molecular formula is C33H39F3N8S. The zero-order chi connectivity index (χ0) is 32.6. The highest BCUT2D eigenvalue weighted by atomic mass is 32.1. The van der Waals surface area contributed by atoms with Crippen molar-refractivity contribution in [1.29, 1.82) is 5.26 Å². The van der Waals surface area contributed by atoms with Gasteiger partial charge in [0.1, 0.15) is 22.4 Å². The molecule has 1 N–H and O–H groups in total. The Labute approximate surface area is 266 Å². The first kappa shape index (κ1) is 32.3. The smallest absolute Gasteiger partial charge is 0.357 e. The first-order valence-corrected chi connectivity index (χ1v) is 15.7. The minimum atomic E-state index is -4.28. The third kappa shape index (κ3) is 6.79. The maximum absolute atomic E-state index is 13.1. The Morgan fingerprint density at radius 2 is 1.87 bits per heavy atom. The first-order chi connectivity index (χ1) is 21.3. The number of hydrogen-bond donors (Lipinski definition) is 1. The van der Waals surface area contributed by atoms with E-state index in [1.54, 1.807) is 13.1 Å². The van der Waals surface area contributed by atoms with Crippen LogP contribution in [-0.2, 0) is 19.5 Å². The van der Waals surface area contributed by atoms with Crippen LogP contribution >= 0.6 is 11.3 Å². The van der Waals surface area contributed by atoms with E-state index in [0.717, 1.165) is 71.7 Å². The van der Waals surface area contributed by atoms with E-state index in [-0.39, 0.29) is 10.9 Å². The van der Waals surface area contributed by atoms with E-state index in [1.807, 2.05) is 36.6 Å². The van der Waals surface area contributed by atoms with Crippen LogP contribution in [0.5, 0.6) is 0 Å². The molecule has 0 atom stereocenters. The van der Waals surface area contributed by atoms with Crippen molar-refractivity contribution in [3.63, 3.8) is 0 Å². The monoisotopic (exact) mass is 636 g/mol. The van der Waals surface area contributed by atoms with E-state index >= 15 is 0 Å². The van der Waals surface area contributed by atoms with Crippen molar-refractivity contribution < 1.29 is 13.2 Å². The number of aryl methyl sites for hydroxylation is 1. The molecule has 0 bridgehead atoms. The van der Waals surface area contributed by atoms with Crippen molar-refractivity contribution in [3.8, 4) is 6.07 Å². The van der Waals surface area contributed by atoms with Crippen LogP contribution in [0.2, 0.25) is 0 Å². The van der Waals surface area contributed by atoms with Crippen molar-refractivity contribution in [2.45, 2.75) is 58.4 Å². The number of alkyl halides is 3. The van der Waals surface area contributed by atoms with E-state index in [0.29, 0.717) is 34.2 Å². The molecule has 1 aliphatic heterocycles. The molecular weight excluding hydrogens is 597 g/mol. The number of hydrogen-bond acceptors (Lipinski definition) is 8. The number of allylic oxidation sites excluding steroid dienone is 2. The van der Waals surface area contributed by atoms with Crippen LogP contribution < -0.4 is 10.2 Å². The Morgan fingerprint density at radius 1 is 1.16 bits per heavy atom. The Balaban J connectivity index is 1.30. The number of nitriles is 1. The quantitative estimate of drug-likeness (QED) is 0.200. The second kappa shape index (κ2) is 12.7. The van der Waals surface area contributed by atoms with Crippen LogP contribution in [0.3, 0.4) is 0 Å². The zero-order valence-electron chi connectivity index (χ0n) is 26.4. The van der Waals surface area contributed by atoms with E-state index in [1.165, 1.54) is 5.56 Å². The van der Waals surface area contributed by atoms with Crippen LogP contribution in [0, 0.1) is 18.3 Å². The molecule has 4 aromatic rings. The van der Waals surface area contributed by atoms with Gasteiger partial charge in [-0.3, -0.25) is 4.90 Å². The number of aromatic nitrogens is 3. The standard InChI is InChI=1S/C33H39F3N8S/c1-20(2)41(6)21(3)18-44-25(17-37)14-27-22(4)23(8-9-29(27)44)19-43-12-10-24(11-13-43)42(7)30-28-15-26(16-33(34,35)36)45-31(28)40-32(38-5)39-30/h8-9,14-15,24H,1,3,10-13,16,18-19H2,2,4-7H3,(H,38,39,40). The van der Waals surface area contributed by atoms with Crippen molar-refractivity contribution in [3.05, 3.63) is 70.5 Å². The van der Waals surface area contributed by atoms with E-state index in [4.69, 9.17) is 0 Å². The average molecular weight is 637 g/mol. The first-order valence-electron chi connectivity index (χ1n) is 14.9. The fourth-order valence-corrected chi connectivity index (χ4v) is 7.07. The van der Waals surface area contributed by atoms with Gasteiger partial charge in [0.25, 0.3) is 0 Å². The molecule has 0 saturated carbocycles. The Kier molecular flexibility index (Phi) is 9.14. The Hall–Kier alpha value is -4.08. The summed E-state index contributed by atoms with van der Waals surface area (Å²) in [6.45, 7) is 15.3. The molecule has 12 heteroatoms. The van der Waals surface area contributed by atoms with Crippen molar-refractivity contribution >= 4 is 44.2 Å². The molecule has 238 valence electrons. The number of nitrogens with one attached hydrogen (secondary N) is 1. The van der Waals surface area contributed by atoms with Gasteiger partial charge in [-0.15, -0.1) is 11.3 Å². The Morgan fingerprint density at radius 3 is 2.49 bits per heavy atom. The third-order valence-electron chi connectivity index (χ3n) is 8.82. The van der Waals surface area contributed by atoms with Gasteiger partial charge in [0, 0.05) is 74.0 Å². The van der Waals surface area contributed by atoms with Gasteiger partial charge in [-0.05, 0) is 56.0 Å². The number of thiophene rings is 1. The van der Waals surface area contributed by atoms with Gasteiger partial charge in [0.05, 0.1) is 18.4 Å². The lowest BCUT2D eigenvalue weighted by Crippen LogP contribution is -2.43. The molecule has 1 saturated heterocycles. The number of piperidine rings is 1. The summed E-state index contributed by atoms with van der Waals surface area (Å²) >= 11 is 1.07. The maximum atomic E-state index is 13.1. The van der Waals surface area contributed by atoms with Gasteiger partial charge in [0.15, 0.2) is 0 Å². The van der Waals surface area contributed by atoms with Crippen molar-refractivity contribution in [1.82, 2.24) is 24.3 Å². The number of rotatable bonds is 10. The molecule has 0 aliphatic carbocycles. The summed E-state index contributed by atoms with van der Waals surface area (Å²) in [5.74, 6) is 1.05. The van der Waals surface area contributed by atoms with Gasteiger partial charge >= 0.3 is 6.18 Å². The predicted molar refractivity (Wildman–Crippen MR) is 177 cm³/mol. The lowest BCUT2D eigenvalue weighted by Gasteiger charge is -2.37. The van der Waals surface area contributed by atoms with Crippen LogP contribution in [-0.4, -0.2) is 70.8 Å². The molecule has 3 aromatic heterocycles. The molecule has 0 amide bonds. The molecule has 5 rings (SSSR count). The summed E-state index contributed by atoms with van der Waals surface area (Å²) in [6, 6.07) is 10.4. The van der Waals surface area contributed by atoms with Crippen molar-refractivity contribution in [2.24, 2.45) is 0 Å². The maximum Gasteiger partial charge on any atom is 0.393 e. The Bertz CT molecular complexity index is 1790. The summed E-state index contributed by atoms with van der Waals surface area (Å²) < 4.78 is 41.4. The molecule has 0 radical (unpaired) electrons. The minimum Gasteiger partial charge on any atom is -0.357 e. The van der Waals surface area contributed by atoms with Gasteiger partial charge in [-0.25, -0.2) is 4.98 Å². The molecule has 0 spiro atoms. The number of fused-ring (bicyclic) bond motifs is 2. The van der Waals surface area contributed by atoms with E-state index in [2.05, 4.69) is 63.4 Å². The number of likely N-dealkylation sites (N-methyl/N-ethyl adjacent to an activating group) is 1. The normalized spacial score (nSPS) is 14.6. The van der Waals surface area contributed by atoms with Crippen LogP contribution in [0.25, 0.3) is 21.1 Å². The lowest BCUT2D eigenvalue weighted by atomic mass is 10.00. The summed E-state index contributed by atoms with van der Waals surface area (Å²) in [5, 5.41) is 14.6. The topological polar surface area (TPSA) is 76.2 Å². The molecule has 1 aliphatic rings. The summed E-state index contributed by atoms with van der Waals surface area (Å²) in [4.78, 5) is 16.4. The number of benzene rings is 1. The van der Waals surface area contributed by atoms with E-state index < -0.39 is 12.6 Å². The number of likely N-dealkylation sites (tertiary alicyclic amines) is 1. The summed E-state index contributed by atoms with van der Waals surface area (Å²) in [5.41, 5.74) is 5.74. The van der Waals surface area contributed by atoms with Gasteiger partial charge in [0.2, 0.25) is 5.95 Å². The molecule has 1 fully saturated rings. The largest absolute Gasteiger partial charge is 0.393 e. The van der Waals surface area contributed by atoms with Crippen LogP contribution in [0.1, 0.15) is 41.5 Å². The molecule has 4 heterocycles. The highest BCUT2D eigenvalue weighted by molar-refractivity contribution is 7.18. The second-order valence-corrected chi connectivity index (χ2v) is 12.9. The van der Waals surface area contributed by atoms with Crippen LogP contribution in [0.4, 0.5) is 24.9 Å². The van der Waals surface area contributed by atoms with Gasteiger partial charge in [-0.1, -0.05) is 19.2 Å². The second-order valence-electron chi connectivity index (χ2n) is 11.8. The third-order valence-corrected chi connectivity index (χ3v) is 9.85. The fraction of sp³-hybridized carbons (Fsp3) is 0.424. The molecule has 0 unspecified atom stereocenters. The number of nitrogens with zero attached hydrogens (tertiary/aromatic N) is 7.